The van der Waals surface area contributed by atoms with Crippen molar-refractivity contribution in [2.45, 2.75) is 19.9 Å². The Labute approximate surface area is 169 Å². The molecule has 2 aromatic carbocycles. The lowest BCUT2D eigenvalue weighted by atomic mass is 9.92. The van der Waals surface area contributed by atoms with Crippen LogP contribution < -0.4 is 20.1 Å². The molecule has 0 spiro atoms. The van der Waals surface area contributed by atoms with Crippen LogP contribution in [0.5, 0.6) is 11.5 Å². The first-order valence-corrected chi connectivity index (χ1v) is 9.43. The number of nitrogens with one attached hydrogen (secondary N) is 2. The lowest BCUT2D eigenvalue weighted by molar-refractivity contribution is -0.138. The van der Waals surface area contributed by atoms with Gasteiger partial charge in [0.2, 0.25) is 0 Å². The van der Waals surface area contributed by atoms with Gasteiger partial charge in [-0.25, -0.2) is 9.59 Å². The molecule has 0 aromatic heterocycles. The highest BCUT2D eigenvalue weighted by molar-refractivity contribution is 6.04. The van der Waals surface area contributed by atoms with Crippen LogP contribution in [0.2, 0.25) is 0 Å². The van der Waals surface area contributed by atoms with Gasteiger partial charge < -0.3 is 24.8 Å². The van der Waals surface area contributed by atoms with Gasteiger partial charge in [0.05, 0.1) is 37.6 Å². The van der Waals surface area contributed by atoms with E-state index >= 15 is 0 Å². The average Bonchev–Trinajstić information content (AvgIpc) is 2.74. The van der Waals surface area contributed by atoms with E-state index in [1.54, 1.807) is 38.3 Å². The van der Waals surface area contributed by atoms with Crippen LogP contribution in [-0.4, -0.2) is 32.3 Å². The van der Waals surface area contributed by atoms with Gasteiger partial charge in [-0.05, 0) is 61.4 Å². The van der Waals surface area contributed by atoms with Crippen molar-refractivity contribution >= 4 is 17.7 Å². The summed E-state index contributed by atoms with van der Waals surface area (Å²) in [6.45, 7) is 4.43. The van der Waals surface area contributed by atoms with Crippen LogP contribution in [0.25, 0.3) is 5.70 Å². The second-order valence-corrected chi connectivity index (χ2v) is 6.27. The molecule has 1 unspecified atom stereocenters. The van der Waals surface area contributed by atoms with Gasteiger partial charge in [-0.15, -0.1) is 0 Å². The van der Waals surface area contributed by atoms with Gasteiger partial charge in [0.25, 0.3) is 0 Å². The predicted molar refractivity (Wildman–Crippen MR) is 109 cm³/mol. The van der Waals surface area contributed by atoms with Crippen molar-refractivity contribution in [2.75, 3.05) is 20.3 Å². The Balaban J connectivity index is 2.09. The van der Waals surface area contributed by atoms with Crippen molar-refractivity contribution in [2.24, 2.45) is 0 Å². The van der Waals surface area contributed by atoms with Gasteiger partial charge in [0, 0.05) is 0 Å². The number of ether oxygens (including phenoxy) is 3. The Bertz CT molecular complexity index is 904. The fraction of sp³-hybridized carbons (Fsp3) is 0.273. The highest BCUT2D eigenvalue weighted by atomic mass is 16.5. The van der Waals surface area contributed by atoms with Crippen molar-refractivity contribution in [3.63, 3.8) is 0 Å². The number of esters is 1. The molecule has 1 heterocycles. The number of rotatable bonds is 7. The first-order valence-electron chi connectivity index (χ1n) is 9.43. The molecular formula is C22H24N2O5. The number of hydrogen-bond donors (Lipinski definition) is 2. The molecule has 29 heavy (non-hydrogen) atoms. The molecule has 0 aliphatic carbocycles. The first-order chi connectivity index (χ1) is 14.1. The third kappa shape index (κ3) is 4.51. The molecule has 2 amide bonds. The van der Waals surface area contributed by atoms with E-state index in [9.17, 15) is 9.59 Å². The van der Waals surface area contributed by atoms with Crippen LogP contribution in [0, 0.1) is 0 Å². The fourth-order valence-corrected chi connectivity index (χ4v) is 3.15. The number of carbonyl (C=O) groups is 2. The summed E-state index contributed by atoms with van der Waals surface area (Å²) in [5.74, 6) is 0.897. The summed E-state index contributed by atoms with van der Waals surface area (Å²) in [5, 5.41) is 5.58. The molecule has 0 radical (unpaired) electrons. The van der Waals surface area contributed by atoms with Gasteiger partial charge in [-0.1, -0.05) is 12.1 Å². The molecule has 1 atom stereocenters. The summed E-state index contributed by atoms with van der Waals surface area (Å²) < 4.78 is 16.0. The second-order valence-electron chi connectivity index (χ2n) is 6.27. The van der Waals surface area contributed by atoms with Crippen LogP contribution in [0.4, 0.5) is 4.79 Å². The molecule has 0 fully saturated rings. The number of urea groups is 1. The highest BCUT2D eigenvalue weighted by Gasteiger charge is 2.34. The van der Waals surface area contributed by atoms with E-state index in [-0.39, 0.29) is 6.61 Å². The molecule has 0 bridgehead atoms. The zero-order chi connectivity index (χ0) is 20.8. The molecule has 7 nitrogen and oxygen atoms in total. The normalized spacial score (nSPS) is 16.0. The first kappa shape index (κ1) is 20.3. The molecule has 0 saturated heterocycles. The monoisotopic (exact) mass is 396 g/mol. The summed E-state index contributed by atoms with van der Waals surface area (Å²) in [7, 11) is 1.58. The van der Waals surface area contributed by atoms with Crippen molar-refractivity contribution in [3.05, 3.63) is 65.2 Å². The minimum Gasteiger partial charge on any atom is -0.497 e. The van der Waals surface area contributed by atoms with E-state index in [4.69, 9.17) is 14.2 Å². The zero-order valence-corrected chi connectivity index (χ0v) is 16.7. The molecule has 152 valence electrons. The third-order valence-corrected chi connectivity index (χ3v) is 4.47. The van der Waals surface area contributed by atoms with Crippen molar-refractivity contribution in [3.8, 4) is 11.5 Å². The molecule has 1 aliphatic rings. The third-order valence-electron chi connectivity index (χ3n) is 4.47. The van der Waals surface area contributed by atoms with Gasteiger partial charge in [0.1, 0.15) is 11.5 Å². The smallest absolute Gasteiger partial charge is 0.338 e. The summed E-state index contributed by atoms with van der Waals surface area (Å²) in [6, 6.07) is 13.3. The minimum absolute atomic E-state index is 0.224. The van der Waals surface area contributed by atoms with Crippen molar-refractivity contribution in [1.82, 2.24) is 10.6 Å². The molecule has 7 heteroatoms. The number of benzene rings is 2. The largest absolute Gasteiger partial charge is 0.497 e. The standard InChI is InChI=1S/C22H24N2O5/c1-4-28-17-12-8-15(9-13-17)20-18(21(25)29-5-2)19(23-22(26)24-20)14-6-10-16(27-3)11-7-14/h6-13,20H,4-5H2,1-3H3,(H2,23,24,26). The average molecular weight is 396 g/mol. The Morgan fingerprint density at radius 1 is 0.966 bits per heavy atom. The van der Waals surface area contributed by atoms with Crippen LogP contribution in [-0.2, 0) is 9.53 Å². The summed E-state index contributed by atoms with van der Waals surface area (Å²) in [5.41, 5.74) is 2.17. The van der Waals surface area contributed by atoms with Gasteiger partial charge in [-0.3, -0.25) is 0 Å². The van der Waals surface area contributed by atoms with Gasteiger partial charge >= 0.3 is 12.0 Å². The molecular weight excluding hydrogens is 372 g/mol. The van der Waals surface area contributed by atoms with E-state index in [0.717, 1.165) is 5.56 Å². The lowest BCUT2D eigenvalue weighted by Crippen LogP contribution is -2.45. The topological polar surface area (TPSA) is 85.9 Å². The minimum atomic E-state index is -0.657. The Hall–Kier alpha value is -3.48. The van der Waals surface area contributed by atoms with Crippen molar-refractivity contribution in [1.29, 1.82) is 0 Å². The Morgan fingerprint density at radius 2 is 1.62 bits per heavy atom. The maximum absolute atomic E-state index is 12.8. The van der Waals surface area contributed by atoms with Crippen molar-refractivity contribution < 1.29 is 23.8 Å². The molecule has 2 N–H and O–H groups in total. The predicted octanol–water partition coefficient (Wildman–Crippen LogP) is 3.42. The van der Waals surface area contributed by atoms with Crippen LogP contribution in [0.3, 0.4) is 0 Å². The summed E-state index contributed by atoms with van der Waals surface area (Å²) in [4.78, 5) is 25.2. The van der Waals surface area contributed by atoms with Crippen LogP contribution >= 0.6 is 0 Å². The van der Waals surface area contributed by atoms with Gasteiger partial charge in [0.15, 0.2) is 0 Å². The van der Waals surface area contributed by atoms with E-state index < -0.39 is 18.0 Å². The fourth-order valence-electron chi connectivity index (χ4n) is 3.15. The quantitative estimate of drug-likeness (QED) is 0.701. The molecule has 1 aliphatic heterocycles. The Morgan fingerprint density at radius 3 is 2.21 bits per heavy atom. The SMILES string of the molecule is CCOC(=O)C1=C(c2ccc(OC)cc2)NC(=O)NC1c1ccc(OCC)cc1. The lowest BCUT2D eigenvalue weighted by Gasteiger charge is -2.29. The van der Waals surface area contributed by atoms with E-state index in [2.05, 4.69) is 10.6 Å². The summed E-state index contributed by atoms with van der Waals surface area (Å²) >= 11 is 0. The zero-order valence-electron chi connectivity index (χ0n) is 16.7. The van der Waals surface area contributed by atoms with E-state index in [0.29, 0.717) is 34.9 Å². The van der Waals surface area contributed by atoms with Crippen LogP contribution in [0.15, 0.2) is 54.1 Å². The molecule has 3 rings (SSSR count). The summed E-state index contributed by atoms with van der Waals surface area (Å²) in [6.07, 6.45) is 0. The number of amides is 2. The number of hydrogen-bond acceptors (Lipinski definition) is 5. The molecule has 0 saturated carbocycles. The maximum Gasteiger partial charge on any atom is 0.338 e. The maximum atomic E-state index is 12.8. The van der Waals surface area contributed by atoms with E-state index in [1.807, 2.05) is 31.2 Å². The number of methoxy groups -OCH3 is 1. The molecule has 2 aromatic rings. The van der Waals surface area contributed by atoms with Gasteiger partial charge in [-0.2, -0.15) is 0 Å². The Kier molecular flexibility index (Phi) is 6.39. The van der Waals surface area contributed by atoms with Crippen LogP contribution in [0.1, 0.15) is 31.0 Å². The highest BCUT2D eigenvalue weighted by Crippen LogP contribution is 2.33. The number of carbonyl (C=O) groups excluding carboxylic acids is 2. The second kappa shape index (κ2) is 9.14. The van der Waals surface area contributed by atoms with E-state index in [1.165, 1.54) is 0 Å².